The van der Waals surface area contributed by atoms with Gasteiger partial charge in [-0.15, -0.1) is 0 Å². The Hall–Kier alpha value is -1.82. The highest BCUT2D eigenvalue weighted by Crippen LogP contribution is 2.29. The Morgan fingerprint density at radius 2 is 2.05 bits per heavy atom. The average molecular weight is 270 g/mol. The monoisotopic (exact) mass is 270 g/mol. The number of aromatic nitrogens is 1. The van der Waals surface area contributed by atoms with Gasteiger partial charge in [-0.25, -0.2) is 4.98 Å². The van der Waals surface area contributed by atoms with Gasteiger partial charge >= 0.3 is 6.18 Å². The van der Waals surface area contributed by atoms with E-state index >= 15 is 0 Å². The molecule has 0 saturated carbocycles. The lowest BCUT2D eigenvalue weighted by Gasteiger charge is -2.08. The van der Waals surface area contributed by atoms with Gasteiger partial charge < -0.3 is 9.73 Å². The Kier molecular flexibility index (Phi) is 3.90. The Morgan fingerprint density at radius 3 is 2.68 bits per heavy atom. The summed E-state index contributed by atoms with van der Waals surface area (Å²) < 4.78 is 42.8. The maximum absolute atomic E-state index is 12.5. The lowest BCUT2D eigenvalue weighted by atomic mass is 10.1. The van der Waals surface area contributed by atoms with Gasteiger partial charge in [-0.1, -0.05) is 18.2 Å². The van der Waals surface area contributed by atoms with Crippen LogP contribution in [-0.2, 0) is 19.3 Å². The maximum Gasteiger partial charge on any atom is 0.416 e. The molecule has 1 aromatic heterocycles. The molecule has 0 saturated heterocycles. The third kappa shape index (κ3) is 3.82. The molecule has 0 fully saturated rings. The zero-order valence-corrected chi connectivity index (χ0v) is 10.3. The van der Waals surface area contributed by atoms with E-state index in [1.54, 1.807) is 19.2 Å². The van der Waals surface area contributed by atoms with E-state index in [9.17, 15) is 13.2 Å². The topological polar surface area (TPSA) is 38.1 Å². The van der Waals surface area contributed by atoms with E-state index in [0.717, 1.165) is 12.1 Å². The number of alkyl halides is 3. The minimum atomic E-state index is -4.31. The Labute approximate surface area is 108 Å². The van der Waals surface area contributed by atoms with Crippen LogP contribution in [-0.4, -0.2) is 4.98 Å². The van der Waals surface area contributed by atoms with Crippen molar-refractivity contribution < 1.29 is 17.6 Å². The van der Waals surface area contributed by atoms with Crippen molar-refractivity contribution in [1.82, 2.24) is 10.3 Å². The first-order valence-electron chi connectivity index (χ1n) is 5.73. The molecule has 3 nitrogen and oxygen atoms in total. The lowest BCUT2D eigenvalue weighted by Crippen LogP contribution is -2.14. The number of benzene rings is 1. The number of rotatable bonds is 4. The van der Waals surface area contributed by atoms with Crippen LogP contribution in [0.25, 0.3) is 0 Å². The summed E-state index contributed by atoms with van der Waals surface area (Å²) in [5.41, 5.74) is -0.0723. The molecule has 1 heterocycles. The Morgan fingerprint density at radius 1 is 1.26 bits per heavy atom. The van der Waals surface area contributed by atoms with E-state index in [-0.39, 0.29) is 0 Å². The summed E-state index contributed by atoms with van der Waals surface area (Å²) in [5, 5.41) is 2.99. The molecule has 0 radical (unpaired) electrons. The molecule has 0 spiro atoms. The smallest absolute Gasteiger partial charge is 0.416 e. The number of nitrogens with one attached hydrogen (secondary N) is 1. The van der Waals surface area contributed by atoms with Crippen LogP contribution in [0, 0.1) is 6.92 Å². The molecule has 0 amide bonds. The minimum Gasteiger partial charge on any atom is -0.445 e. The van der Waals surface area contributed by atoms with Gasteiger partial charge in [0.2, 0.25) is 5.89 Å². The second-order valence-corrected chi connectivity index (χ2v) is 4.17. The second kappa shape index (κ2) is 5.44. The summed E-state index contributed by atoms with van der Waals surface area (Å²) in [4.78, 5) is 3.99. The third-order valence-corrected chi connectivity index (χ3v) is 2.53. The van der Waals surface area contributed by atoms with Gasteiger partial charge in [-0.2, -0.15) is 13.2 Å². The van der Waals surface area contributed by atoms with E-state index in [0.29, 0.717) is 30.3 Å². The highest BCUT2D eigenvalue weighted by Gasteiger charge is 2.30. The predicted molar refractivity (Wildman–Crippen MR) is 63.2 cm³/mol. The highest BCUT2D eigenvalue weighted by atomic mass is 19.4. The van der Waals surface area contributed by atoms with Crippen molar-refractivity contribution in [2.75, 3.05) is 0 Å². The fourth-order valence-electron chi connectivity index (χ4n) is 1.65. The average Bonchev–Trinajstić information content (AvgIpc) is 2.74. The fourth-order valence-corrected chi connectivity index (χ4v) is 1.65. The Bertz CT molecular complexity index is 549. The molecule has 0 unspecified atom stereocenters. The fraction of sp³-hybridized carbons (Fsp3) is 0.308. The van der Waals surface area contributed by atoms with Gasteiger partial charge in [0.1, 0.15) is 5.76 Å². The molecule has 0 bridgehead atoms. The molecular weight excluding hydrogens is 257 g/mol. The van der Waals surface area contributed by atoms with E-state index in [1.165, 1.54) is 6.07 Å². The third-order valence-electron chi connectivity index (χ3n) is 2.53. The molecular formula is C13H13F3N2O. The molecule has 0 atom stereocenters. The van der Waals surface area contributed by atoms with Crippen molar-refractivity contribution in [3.05, 3.63) is 53.2 Å². The van der Waals surface area contributed by atoms with Crippen LogP contribution in [0.1, 0.15) is 22.8 Å². The van der Waals surface area contributed by atoms with Crippen molar-refractivity contribution in [3.8, 4) is 0 Å². The molecule has 0 aliphatic heterocycles. The van der Waals surface area contributed by atoms with Crippen LogP contribution in [0.3, 0.4) is 0 Å². The van der Waals surface area contributed by atoms with E-state index in [1.807, 2.05) is 0 Å². The molecule has 19 heavy (non-hydrogen) atoms. The van der Waals surface area contributed by atoms with Gasteiger partial charge in [-0.3, -0.25) is 0 Å². The van der Waals surface area contributed by atoms with Crippen LogP contribution in [0.15, 0.2) is 34.9 Å². The first kappa shape index (κ1) is 13.6. The quantitative estimate of drug-likeness (QED) is 0.926. The number of oxazole rings is 1. The van der Waals surface area contributed by atoms with Crippen molar-refractivity contribution >= 4 is 0 Å². The second-order valence-electron chi connectivity index (χ2n) is 4.17. The maximum atomic E-state index is 12.5. The largest absolute Gasteiger partial charge is 0.445 e. The zero-order chi connectivity index (χ0) is 13.9. The molecule has 2 aromatic rings. The molecule has 0 aliphatic carbocycles. The number of aryl methyl sites for hydroxylation is 1. The number of hydrogen-bond donors (Lipinski definition) is 1. The predicted octanol–water partition coefficient (Wildman–Crippen LogP) is 3.29. The van der Waals surface area contributed by atoms with E-state index in [2.05, 4.69) is 10.3 Å². The summed E-state index contributed by atoms with van der Waals surface area (Å²) >= 11 is 0. The normalized spacial score (nSPS) is 11.8. The van der Waals surface area contributed by atoms with Crippen molar-refractivity contribution in [3.63, 3.8) is 0 Å². The summed E-state index contributed by atoms with van der Waals surface area (Å²) in [6.45, 7) is 2.48. The number of nitrogens with zero attached hydrogens (tertiary/aromatic N) is 1. The summed E-state index contributed by atoms with van der Waals surface area (Å²) in [7, 11) is 0. The molecule has 6 heteroatoms. The molecule has 1 aromatic carbocycles. The highest BCUT2D eigenvalue weighted by molar-refractivity contribution is 5.25. The van der Waals surface area contributed by atoms with Gasteiger partial charge in [-0.05, 0) is 18.6 Å². The molecule has 0 aliphatic rings. The van der Waals surface area contributed by atoms with Crippen LogP contribution >= 0.6 is 0 Å². The van der Waals surface area contributed by atoms with Crippen LogP contribution in [0.4, 0.5) is 13.2 Å². The zero-order valence-electron chi connectivity index (χ0n) is 10.3. The first-order chi connectivity index (χ1) is 8.95. The summed E-state index contributed by atoms with van der Waals surface area (Å²) in [6, 6.07) is 5.23. The SMILES string of the molecule is Cc1cnc(CNCc2cccc(C(F)(F)F)c2)o1. The summed E-state index contributed by atoms with van der Waals surface area (Å²) in [5.74, 6) is 1.22. The molecule has 102 valence electrons. The van der Waals surface area contributed by atoms with Crippen molar-refractivity contribution in [2.24, 2.45) is 0 Å². The van der Waals surface area contributed by atoms with Gasteiger partial charge in [0.15, 0.2) is 0 Å². The van der Waals surface area contributed by atoms with Gasteiger partial charge in [0.25, 0.3) is 0 Å². The number of hydrogen-bond acceptors (Lipinski definition) is 3. The van der Waals surface area contributed by atoms with Crippen molar-refractivity contribution in [2.45, 2.75) is 26.2 Å². The van der Waals surface area contributed by atoms with Crippen molar-refractivity contribution in [1.29, 1.82) is 0 Å². The summed E-state index contributed by atoms with van der Waals surface area (Å²) in [6.07, 6.45) is -2.71. The van der Waals surface area contributed by atoms with Crippen LogP contribution in [0.5, 0.6) is 0 Å². The number of halogens is 3. The van der Waals surface area contributed by atoms with E-state index in [4.69, 9.17) is 4.42 Å². The minimum absolute atomic E-state index is 0.325. The van der Waals surface area contributed by atoms with Crippen LogP contribution in [0.2, 0.25) is 0 Å². The first-order valence-corrected chi connectivity index (χ1v) is 5.73. The molecule has 1 N–H and O–H groups in total. The standard InChI is InChI=1S/C13H13F3N2O/c1-9-6-18-12(19-9)8-17-7-10-3-2-4-11(5-10)13(14,15)16/h2-6,17H,7-8H2,1H3. The van der Waals surface area contributed by atoms with E-state index < -0.39 is 11.7 Å². The molecule has 2 rings (SSSR count). The lowest BCUT2D eigenvalue weighted by molar-refractivity contribution is -0.137. The van der Waals surface area contributed by atoms with Gasteiger partial charge in [0, 0.05) is 6.54 Å². The van der Waals surface area contributed by atoms with Gasteiger partial charge in [0.05, 0.1) is 18.3 Å². The van der Waals surface area contributed by atoms with Crippen LogP contribution < -0.4 is 5.32 Å². The Balaban J connectivity index is 1.93.